The Morgan fingerprint density at radius 2 is 2.06 bits per heavy atom. The highest BCUT2D eigenvalue weighted by atomic mass is 16.5. The third-order valence-electron chi connectivity index (χ3n) is 3.55. The number of aryl methyl sites for hydroxylation is 1. The summed E-state index contributed by atoms with van der Waals surface area (Å²) in [4.78, 5) is 0. The molecule has 0 aliphatic heterocycles. The Hall–Kier alpha value is -1.22. The summed E-state index contributed by atoms with van der Waals surface area (Å²) in [6, 6.07) is 6.03. The summed E-state index contributed by atoms with van der Waals surface area (Å²) in [6.45, 7) is 1.91. The number of benzene rings is 1. The van der Waals surface area contributed by atoms with E-state index in [-0.39, 0.29) is 0 Å². The molecule has 0 aromatic heterocycles. The molecule has 2 atom stereocenters. The third kappa shape index (κ3) is 2.91. The Kier molecular flexibility index (Phi) is 3.89. The van der Waals surface area contributed by atoms with E-state index in [0.717, 1.165) is 24.1 Å². The van der Waals surface area contributed by atoms with Crippen molar-refractivity contribution >= 4 is 5.69 Å². The number of aromatic hydroxyl groups is 1. The van der Waals surface area contributed by atoms with Crippen LogP contribution in [-0.4, -0.2) is 24.4 Å². The summed E-state index contributed by atoms with van der Waals surface area (Å²) in [5.74, 6) is 0.350. The second-order valence-corrected chi connectivity index (χ2v) is 4.81. The maximum Gasteiger partial charge on any atom is 0.118 e. The largest absolute Gasteiger partial charge is 0.508 e. The highest BCUT2D eigenvalue weighted by Gasteiger charge is 2.24. The number of hydrogen-bond donors (Lipinski definition) is 2. The first-order valence-corrected chi connectivity index (χ1v) is 6.29. The summed E-state index contributed by atoms with van der Waals surface area (Å²) in [6.07, 6.45) is 5.10. The van der Waals surface area contributed by atoms with Crippen molar-refractivity contribution < 1.29 is 9.84 Å². The lowest BCUT2D eigenvalue weighted by molar-refractivity contribution is 0.0606. The van der Waals surface area contributed by atoms with Crippen LogP contribution in [0.2, 0.25) is 0 Å². The van der Waals surface area contributed by atoms with E-state index in [0.29, 0.717) is 17.9 Å². The molecular formula is C14H21NO2. The van der Waals surface area contributed by atoms with Gasteiger partial charge in [0.2, 0.25) is 0 Å². The quantitative estimate of drug-likeness (QED) is 0.791. The Labute approximate surface area is 103 Å². The molecule has 1 aromatic carbocycles. The second-order valence-electron chi connectivity index (χ2n) is 4.81. The number of ether oxygens (including phenoxy) is 1. The zero-order chi connectivity index (χ0) is 12.3. The number of methoxy groups -OCH3 is 1. The number of anilines is 1. The fourth-order valence-corrected chi connectivity index (χ4v) is 2.50. The van der Waals surface area contributed by atoms with Crippen LogP contribution >= 0.6 is 0 Å². The van der Waals surface area contributed by atoms with Crippen LogP contribution in [-0.2, 0) is 4.74 Å². The minimum atomic E-state index is 0.304. The van der Waals surface area contributed by atoms with Gasteiger partial charge in [-0.25, -0.2) is 0 Å². The lowest BCUT2D eigenvalue weighted by Crippen LogP contribution is -2.37. The third-order valence-corrected chi connectivity index (χ3v) is 3.55. The Morgan fingerprint density at radius 3 is 2.76 bits per heavy atom. The molecule has 0 radical (unpaired) electrons. The maximum absolute atomic E-state index is 9.50. The smallest absolute Gasteiger partial charge is 0.118 e. The number of phenolic OH excluding ortho intramolecular Hbond substituents is 1. The van der Waals surface area contributed by atoms with E-state index >= 15 is 0 Å². The monoisotopic (exact) mass is 235 g/mol. The van der Waals surface area contributed by atoms with Gasteiger partial charge in [-0.15, -0.1) is 0 Å². The Bertz CT molecular complexity index is 378. The first kappa shape index (κ1) is 12.2. The lowest BCUT2D eigenvalue weighted by atomic mass is 9.92. The summed E-state index contributed by atoms with van der Waals surface area (Å²) in [5.41, 5.74) is 1.97. The molecule has 17 heavy (non-hydrogen) atoms. The van der Waals surface area contributed by atoms with Crippen molar-refractivity contribution in [1.29, 1.82) is 0 Å². The average molecular weight is 235 g/mol. The molecule has 94 valence electrons. The Morgan fingerprint density at radius 1 is 1.29 bits per heavy atom. The number of rotatable bonds is 3. The zero-order valence-electron chi connectivity index (χ0n) is 10.6. The van der Waals surface area contributed by atoms with Crippen molar-refractivity contribution in [3.8, 4) is 5.75 Å². The fourth-order valence-electron chi connectivity index (χ4n) is 2.50. The van der Waals surface area contributed by atoms with Crippen LogP contribution in [0.15, 0.2) is 18.2 Å². The van der Waals surface area contributed by atoms with Crippen molar-refractivity contribution in [3.63, 3.8) is 0 Å². The molecule has 2 rings (SSSR count). The topological polar surface area (TPSA) is 41.5 Å². The number of nitrogens with one attached hydrogen (secondary N) is 1. The molecule has 1 aromatic rings. The standard InChI is InChI=1S/C14H21NO2/c1-10-9-11(7-8-13(10)16)15-12-5-3-4-6-14(12)17-2/h7-9,12,14-16H,3-6H2,1-2H3. The van der Waals surface area contributed by atoms with Gasteiger partial charge in [0.1, 0.15) is 5.75 Å². The van der Waals surface area contributed by atoms with Crippen molar-refractivity contribution in [2.45, 2.75) is 44.8 Å². The van der Waals surface area contributed by atoms with E-state index in [9.17, 15) is 5.11 Å². The van der Waals surface area contributed by atoms with Crippen LogP contribution in [0.25, 0.3) is 0 Å². The van der Waals surface area contributed by atoms with Gasteiger partial charge < -0.3 is 15.2 Å². The van der Waals surface area contributed by atoms with E-state index < -0.39 is 0 Å². The summed E-state index contributed by atoms with van der Waals surface area (Å²) >= 11 is 0. The first-order valence-electron chi connectivity index (χ1n) is 6.29. The number of phenols is 1. The van der Waals surface area contributed by atoms with Gasteiger partial charge in [0.25, 0.3) is 0 Å². The van der Waals surface area contributed by atoms with E-state index in [4.69, 9.17) is 4.74 Å². The number of hydrogen-bond acceptors (Lipinski definition) is 3. The van der Waals surface area contributed by atoms with Crippen LogP contribution in [0.3, 0.4) is 0 Å². The molecule has 3 nitrogen and oxygen atoms in total. The van der Waals surface area contributed by atoms with E-state index in [1.54, 1.807) is 13.2 Å². The van der Waals surface area contributed by atoms with Crippen molar-refractivity contribution in [2.75, 3.05) is 12.4 Å². The SMILES string of the molecule is COC1CCCCC1Nc1ccc(O)c(C)c1. The molecule has 0 heterocycles. The van der Waals surface area contributed by atoms with Crippen LogP contribution in [0.5, 0.6) is 5.75 Å². The van der Waals surface area contributed by atoms with E-state index in [2.05, 4.69) is 5.32 Å². The maximum atomic E-state index is 9.50. The first-order chi connectivity index (χ1) is 8.20. The molecule has 2 unspecified atom stereocenters. The van der Waals surface area contributed by atoms with E-state index in [1.807, 2.05) is 19.1 Å². The second kappa shape index (κ2) is 5.41. The average Bonchev–Trinajstić information content (AvgIpc) is 2.34. The van der Waals surface area contributed by atoms with Crippen molar-refractivity contribution in [2.24, 2.45) is 0 Å². The van der Waals surface area contributed by atoms with Crippen LogP contribution in [0.4, 0.5) is 5.69 Å². The highest BCUT2D eigenvalue weighted by molar-refractivity contribution is 5.51. The van der Waals surface area contributed by atoms with Gasteiger partial charge in [0.15, 0.2) is 0 Å². The van der Waals surface area contributed by atoms with Gasteiger partial charge >= 0.3 is 0 Å². The van der Waals surface area contributed by atoms with Crippen LogP contribution in [0, 0.1) is 6.92 Å². The van der Waals surface area contributed by atoms with Gasteiger partial charge in [-0.2, -0.15) is 0 Å². The molecule has 0 amide bonds. The van der Waals surface area contributed by atoms with E-state index in [1.165, 1.54) is 12.8 Å². The zero-order valence-corrected chi connectivity index (χ0v) is 10.6. The molecule has 2 N–H and O–H groups in total. The van der Waals surface area contributed by atoms with Crippen molar-refractivity contribution in [1.82, 2.24) is 0 Å². The molecule has 0 spiro atoms. The predicted octanol–water partition coefficient (Wildman–Crippen LogP) is 3.07. The fraction of sp³-hybridized carbons (Fsp3) is 0.571. The van der Waals surface area contributed by atoms with Gasteiger partial charge in [-0.3, -0.25) is 0 Å². The molecule has 3 heteroatoms. The molecule has 1 aliphatic rings. The predicted molar refractivity (Wildman–Crippen MR) is 69.5 cm³/mol. The summed E-state index contributed by atoms with van der Waals surface area (Å²) in [7, 11) is 1.78. The van der Waals surface area contributed by atoms with Crippen LogP contribution in [0.1, 0.15) is 31.2 Å². The van der Waals surface area contributed by atoms with Crippen LogP contribution < -0.4 is 5.32 Å². The minimum Gasteiger partial charge on any atom is -0.508 e. The molecule has 0 saturated heterocycles. The molecule has 1 fully saturated rings. The minimum absolute atomic E-state index is 0.304. The normalized spacial score (nSPS) is 24.6. The molecular weight excluding hydrogens is 214 g/mol. The highest BCUT2D eigenvalue weighted by Crippen LogP contribution is 2.26. The van der Waals surface area contributed by atoms with Gasteiger partial charge in [-0.05, 0) is 43.5 Å². The van der Waals surface area contributed by atoms with Gasteiger partial charge in [-0.1, -0.05) is 12.8 Å². The molecule has 0 bridgehead atoms. The summed E-state index contributed by atoms with van der Waals surface area (Å²) < 4.78 is 5.52. The molecule has 1 saturated carbocycles. The lowest BCUT2D eigenvalue weighted by Gasteiger charge is -2.31. The van der Waals surface area contributed by atoms with Gasteiger partial charge in [0.05, 0.1) is 12.1 Å². The molecule has 1 aliphatic carbocycles. The Balaban J connectivity index is 2.05. The van der Waals surface area contributed by atoms with Gasteiger partial charge in [0, 0.05) is 12.8 Å². The summed E-state index contributed by atoms with van der Waals surface area (Å²) in [5, 5.41) is 13.0. The van der Waals surface area contributed by atoms with Crippen molar-refractivity contribution in [3.05, 3.63) is 23.8 Å².